The molecule has 0 aliphatic heterocycles. The minimum Gasteiger partial charge on any atom is -0.390 e. The van der Waals surface area contributed by atoms with Crippen molar-refractivity contribution in [3.8, 4) is 0 Å². The van der Waals surface area contributed by atoms with E-state index in [1.54, 1.807) is 43.8 Å². The van der Waals surface area contributed by atoms with Gasteiger partial charge in [0.25, 0.3) is 0 Å². The van der Waals surface area contributed by atoms with E-state index < -0.39 is 0 Å². The smallest absolute Gasteiger partial charge is 0.170 e. The van der Waals surface area contributed by atoms with Gasteiger partial charge in [0.15, 0.2) is 12.6 Å². The fraction of sp³-hybridized carbons (Fsp3) is 0.278. The van der Waals surface area contributed by atoms with Gasteiger partial charge in [-0.05, 0) is 38.1 Å². The molecule has 6 nitrogen and oxygen atoms in total. The second-order valence-electron chi connectivity index (χ2n) is 5.43. The largest absolute Gasteiger partial charge is 0.390 e. The Hall–Kier alpha value is -2.22. The third-order valence-electron chi connectivity index (χ3n) is 3.29. The molecule has 140 valence electrons. The lowest BCUT2D eigenvalue weighted by molar-refractivity contribution is -0.102. The summed E-state index contributed by atoms with van der Waals surface area (Å²) >= 11 is 7.02. The van der Waals surface area contributed by atoms with E-state index in [2.05, 4.69) is 5.10 Å². The first-order chi connectivity index (χ1) is 12.3. The topological polar surface area (TPSA) is 85.0 Å². The van der Waals surface area contributed by atoms with Gasteiger partial charge in [0.2, 0.25) is 0 Å². The molecule has 0 atom stereocenters. The fourth-order valence-corrected chi connectivity index (χ4v) is 2.62. The summed E-state index contributed by atoms with van der Waals surface area (Å²) in [5.41, 5.74) is 7.31. The summed E-state index contributed by atoms with van der Waals surface area (Å²) in [6.45, 7) is 4.00. The monoisotopic (exact) mass is 395 g/mol. The number of benzene rings is 1. The lowest BCUT2D eigenvalue weighted by Gasteiger charge is -2.14. The highest BCUT2D eigenvalue weighted by Gasteiger charge is 2.15. The van der Waals surface area contributed by atoms with Crippen LogP contribution in [0.3, 0.4) is 0 Å². The van der Waals surface area contributed by atoms with Crippen LogP contribution in [-0.4, -0.2) is 38.5 Å². The lowest BCUT2D eigenvalue weighted by Crippen LogP contribution is -2.15. The van der Waals surface area contributed by atoms with Crippen LogP contribution in [0.4, 0.5) is 10.7 Å². The Morgan fingerprint density at radius 3 is 2.35 bits per heavy atom. The number of aldehydes is 2. The predicted molar refractivity (Wildman–Crippen MR) is 109 cm³/mol. The number of ether oxygens (including phenoxy) is 1. The molecule has 0 saturated carbocycles. The quantitative estimate of drug-likeness (QED) is 0.455. The maximum Gasteiger partial charge on any atom is 0.170 e. The van der Waals surface area contributed by atoms with E-state index in [9.17, 15) is 9.59 Å². The molecule has 2 rings (SSSR count). The highest BCUT2D eigenvalue weighted by molar-refractivity contribution is 7.14. The van der Waals surface area contributed by atoms with Crippen LogP contribution in [0, 0.1) is 0 Å². The number of nitrogens with two attached hydrogens (primary N) is 1. The summed E-state index contributed by atoms with van der Waals surface area (Å²) in [4.78, 5) is 22.3. The number of hydrogen-bond donors (Lipinski definition) is 1. The number of nitrogens with zero attached hydrogens (tertiary/aromatic N) is 2. The number of hydrogen-bond acceptors (Lipinski definition) is 7. The molecule has 8 heteroatoms. The SMILES string of the molecule is CN(/N=C(/C=O)c1csc(N)c1C=O)c1ccc(Cl)cc1.COC(C)C. The average molecular weight is 396 g/mol. The van der Waals surface area contributed by atoms with Crippen molar-refractivity contribution in [1.82, 2.24) is 0 Å². The zero-order chi connectivity index (χ0) is 19.7. The molecule has 1 aromatic carbocycles. The number of thiophene rings is 1. The number of carbonyl (C=O) groups excluding carboxylic acids is 2. The fourth-order valence-electron chi connectivity index (χ4n) is 1.72. The van der Waals surface area contributed by atoms with Crippen molar-refractivity contribution in [3.05, 3.63) is 45.8 Å². The van der Waals surface area contributed by atoms with Gasteiger partial charge in [0.05, 0.1) is 22.4 Å². The van der Waals surface area contributed by atoms with Crippen molar-refractivity contribution in [2.75, 3.05) is 24.9 Å². The van der Waals surface area contributed by atoms with E-state index >= 15 is 0 Å². The molecule has 1 heterocycles. The molecule has 1 aromatic heterocycles. The van der Waals surface area contributed by atoms with Crippen LogP contribution < -0.4 is 10.7 Å². The van der Waals surface area contributed by atoms with Crippen LogP contribution in [0.15, 0.2) is 34.7 Å². The van der Waals surface area contributed by atoms with Crippen LogP contribution in [0.25, 0.3) is 0 Å². The van der Waals surface area contributed by atoms with Gasteiger partial charge >= 0.3 is 0 Å². The van der Waals surface area contributed by atoms with Crippen molar-refractivity contribution < 1.29 is 14.3 Å². The second kappa shape index (κ2) is 10.7. The average Bonchev–Trinajstić information content (AvgIpc) is 3.00. The Bertz CT molecular complexity index is 758. The van der Waals surface area contributed by atoms with Gasteiger partial charge in [0.1, 0.15) is 5.71 Å². The van der Waals surface area contributed by atoms with Gasteiger partial charge in [-0.15, -0.1) is 11.3 Å². The highest BCUT2D eigenvalue weighted by Crippen LogP contribution is 2.24. The van der Waals surface area contributed by atoms with Crippen LogP contribution in [0.1, 0.15) is 29.8 Å². The summed E-state index contributed by atoms with van der Waals surface area (Å²) in [5, 5.41) is 8.37. The second-order valence-corrected chi connectivity index (χ2v) is 6.78. The Labute approximate surface area is 162 Å². The maximum atomic E-state index is 11.3. The van der Waals surface area contributed by atoms with Crippen molar-refractivity contribution in [2.24, 2.45) is 5.10 Å². The van der Waals surface area contributed by atoms with Gasteiger partial charge in [-0.25, -0.2) is 0 Å². The summed E-state index contributed by atoms with van der Waals surface area (Å²) in [6.07, 6.45) is 1.61. The Morgan fingerprint density at radius 2 is 1.88 bits per heavy atom. The molecular weight excluding hydrogens is 374 g/mol. The molecule has 0 unspecified atom stereocenters. The third-order valence-corrected chi connectivity index (χ3v) is 4.37. The third kappa shape index (κ3) is 6.25. The molecular formula is C18H22ClN3O3S. The minimum atomic E-state index is 0.141. The number of rotatable bonds is 6. The number of methoxy groups -OCH3 is 1. The van der Waals surface area contributed by atoms with Crippen LogP contribution >= 0.6 is 22.9 Å². The molecule has 0 amide bonds. The normalized spacial score (nSPS) is 10.9. The molecule has 0 saturated heterocycles. The molecule has 0 aliphatic carbocycles. The number of anilines is 2. The Balaban J connectivity index is 0.000000597. The molecule has 26 heavy (non-hydrogen) atoms. The molecule has 0 spiro atoms. The summed E-state index contributed by atoms with van der Waals surface area (Å²) in [5.74, 6) is 0. The summed E-state index contributed by atoms with van der Waals surface area (Å²) in [6, 6.07) is 7.00. The van der Waals surface area contributed by atoms with Gasteiger partial charge in [0, 0.05) is 30.1 Å². The first-order valence-electron chi connectivity index (χ1n) is 7.72. The molecule has 2 N–H and O–H groups in total. The molecule has 0 fully saturated rings. The number of halogens is 1. The standard InChI is InChI=1S/C14H12ClN3O2S.C4H10O/c1-18(10-4-2-9(15)3-5-10)17-13(7-20)12-8-21-14(16)11(12)6-19;1-4(2)5-3/h2-8H,16H2,1H3;4H,1-3H3/b17-13-;. The summed E-state index contributed by atoms with van der Waals surface area (Å²) < 4.78 is 4.75. The summed E-state index contributed by atoms with van der Waals surface area (Å²) in [7, 11) is 3.40. The number of carbonyl (C=O) groups is 2. The minimum absolute atomic E-state index is 0.141. The van der Waals surface area contributed by atoms with Crippen molar-refractivity contribution in [3.63, 3.8) is 0 Å². The zero-order valence-electron chi connectivity index (χ0n) is 15.1. The van der Waals surface area contributed by atoms with Gasteiger partial charge in [-0.3, -0.25) is 14.6 Å². The van der Waals surface area contributed by atoms with Crippen LogP contribution in [0.5, 0.6) is 0 Å². The molecule has 0 aliphatic rings. The molecule has 0 bridgehead atoms. The van der Waals surface area contributed by atoms with Crippen molar-refractivity contribution in [1.29, 1.82) is 0 Å². The van der Waals surface area contributed by atoms with E-state index in [0.29, 0.717) is 34.3 Å². The lowest BCUT2D eigenvalue weighted by atomic mass is 10.1. The van der Waals surface area contributed by atoms with Crippen LogP contribution in [-0.2, 0) is 9.53 Å². The van der Waals surface area contributed by atoms with E-state index in [-0.39, 0.29) is 11.3 Å². The van der Waals surface area contributed by atoms with Crippen molar-refractivity contribution >= 4 is 51.9 Å². The van der Waals surface area contributed by atoms with Gasteiger partial charge < -0.3 is 10.5 Å². The number of hydrazone groups is 1. The molecule has 2 aromatic rings. The number of nitrogen functional groups attached to an aromatic ring is 1. The first kappa shape index (κ1) is 21.8. The van der Waals surface area contributed by atoms with Gasteiger partial charge in [-0.2, -0.15) is 5.10 Å². The Kier molecular flexibility index (Phi) is 8.98. The highest BCUT2D eigenvalue weighted by atomic mass is 35.5. The first-order valence-corrected chi connectivity index (χ1v) is 8.98. The predicted octanol–water partition coefficient (Wildman–Crippen LogP) is 3.88. The van der Waals surface area contributed by atoms with Gasteiger partial charge in [-0.1, -0.05) is 11.6 Å². The van der Waals surface area contributed by atoms with Crippen LogP contribution in [0.2, 0.25) is 5.02 Å². The van der Waals surface area contributed by atoms with E-state index in [4.69, 9.17) is 22.1 Å². The molecule has 0 radical (unpaired) electrons. The van der Waals surface area contributed by atoms with E-state index in [1.807, 2.05) is 13.8 Å². The zero-order valence-corrected chi connectivity index (χ0v) is 16.7. The van der Waals surface area contributed by atoms with Crippen molar-refractivity contribution in [2.45, 2.75) is 20.0 Å². The maximum absolute atomic E-state index is 11.3. The van der Waals surface area contributed by atoms with E-state index in [0.717, 1.165) is 5.69 Å². The Morgan fingerprint density at radius 1 is 1.31 bits per heavy atom. The van der Waals surface area contributed by atoms with E-state index in [1.165, 1.54) is 16.3 Å².